The quantitative estimate of drug-likeness (QED) is 0.881. The van der Waals surface area contributed by atoms with Gasteiger partial charge in [0.25, 0.3) is 0 Å². The van der Waals surface area contributed by atoms with Gasteiger partial charge in [-0.3, -0.25) is 0 Å². The maximum Gasteiger partial charge on any atom is 0.319 e. The van der Waals surface area contributed by atoms with E-state index in [0.29, 0.717) is 19.1 Å². The first-order valence-electron chi connectivity index (χ1n) is 9.56. The molecule has 1 aromatic heterocycles. The number of rotatable bonds is 4. The lowest BCUT2D eigenvalue weighted by atomic mass is 9.84. The van der Waals surface area contributed by atoms with Gasteiger partial charge in [0.15, 0.2) is 5.82 Å². The van der Waals surface area contributed by atoms with Crippen molar-refractivity contribution in [2.75, 3.05) is 36.5 Å². The summed E-state index contributed by atoms with van der Waals surface area (Å²) >= 11 is 0. The molecule has 2 aliphatic carbocycles. The molecule has 0 aromatic carbocycles. The van der Waals surface area contributed by atoms with E-state index in [1.54, 1.807) is 6.20 Å². The lowest BCUT2D eigenvalue weighted by Crippen LogP contribution is -2.43. The molecular formula is C19H28N4O2. The van der Waals surface area contributed by atoms with Crippen LogP contribution in [0, 0.1) is 17.8 Å². The number of aromatic nitrogens is 1. The van der Waals surface area contributed by atoms with Crippen molar-refractivity contribution < 1.29 is 9.53 Å². The standard InChI is InChI=1S/C19H28N4O2/c1-13(16-12-14-4-5-15(16)11-14)21-19(24)22-17-3-2-6-20-18(17)23-7-9-25-10-8-23/h2-3,6,13-16H,4-5,7-12H2,1H3,(H2,21,22,24)/t13-,14-,15-,16-/m0/s1. The topological polar surface area (TPSA) is 66.5 Å². The Hall–Kier alpha value is -1.82. The second kappa shape index (κ2) is 7.20. The van der Waals surface area contributed by atoms with Gasteiger partial charge < -0.3 is 20.3 Å². The summed E-state index contributed by atoms with van der Waals surface area (Å²) in [7, 11) is 0. The Kier molecular flexibility index (Phi) is 4.79. The van der Waals surface area contributed by atoms with Crippen LogP contribution >= 0.6 is 0 Å². The van der Waals surface area contributed by atoms with Crippen molar-refractivity contribution in [2.45, 2.75) is 38.6 Å². The second-order valence-corrected chi connectivity index (χ2v) is 7.70. The maximum atomic E-state index is 12.5. The van der Waals surface area contributed by atoms with Crippen LogP contribution in [0.2, 0.25) is 0 Å². The first-order valence-corrected chi connectivity index (χ1v) is 9.56. The van der Waals surface area contributed by atoms with Crippen molar-refractivity contribution in [3.8, 4) is 0 Å². The summed E-state index contributed by atoms with van der Waals surface area (Å²) in [6, 6.07) is 3.87. The van der Waals surface area contributed by atoms with Crippen molar-refractivity contribution in [2.24, 2.45) is 17.8 Å². The van der Waals surface area contributed by atoms with Crippen molar-refractivity contribution in [1.82, 2.24) is 10.3 Å². The third-order valence-electron chi connectivity index (χ3n) is 6.14. The minimum Gasteiger partial charge on any atom is -0.378 e. The van der Waals surface area contributed by atoms with Crippen LogP contribution in [0.15, 0.2) is 18.3 Å². The number of hydrogen-bond donors (Lipinski definition) is 2. The zero-order chi connectivity index (χ0) is 17.2. The first-order chi connectivity index (χ1) is 12.2. The Labute approximate surface area is 149 Å². The van der Waals surface area contributed by atoms with Crippen LogP contribution in [0.5, 0.6) is 0 Å². The van der Waals surface area contributed by atoms with Gasteiger partial charge in [0, 0.05) is 25.3 Å². The van der Waals surface area contributed by atoms with Crippen LogP contribution < -0.4 is 15.5 Å². The number of fused-ring (bicyclic) bond motifs is 2. The molecule has 4 atom stereocenters. The monoisotopic (exact) mass is 344 g/mol. The highest BCUT2D eigenvalue weighted by atomic mass is 16.5. The first kappa shape index (κ1) is 16.6. The molecule has 136 valence electrons. The van der Waals surface area contributed by atoms with Gasteiger partial charge >= 0.3 is 6.03 Å². The molecule has 0 unspecified atom stereocenters. The number of nitrogens with zero attached hydrogens (tertiary/aromatic N) is 2. The van der Waals surface area contributed by atoms with Crippen molar-refractivity contribution >= 4 is 17.5 Å². The molecule has 3 fully saturated rings. The van der Waals surface area contributed by atoms with E-state index >= 15 is 0 Å². The summed E-state index contributed by atoms with van der Waals surface area (Å²) in [6.45, 7) is 5.15. The highest BCUT2D eigenvalue weighted by Gasteiger charge is 2.42. The number of pyridine rings is 1. The highest BCUT2D eigenvalue weighted by Crippen LogP contribution is 2.49. The Morgan fingerprint density at radius 1 is 1.32 bits per heavy atom. The molecule has 1 saturated heterocycles. The zero-order valence-corrected chi connectivity index (χ0v) is 14.9. The van der Waals surface area contributed by atoms with Crippen molar-refractivity contribution in [3.05, 3.63) is 18.3 Å². The summed E-state index contributed by atoms with van der Waals surface area (Å²) in [5.41, 5.74) is 0.766. The van der Waals surface area contributed by atoms with Gasteiger partial charge in [-0.2, -0.15) is 0 Å². The van der Waals surface area contributed by atoms with Crippen molar-refractivity contribution in [1.29, 1.82) is 0 Å². The molecule has 25 heavy (non-hydrogen) atoms. The number of ether oxygens (including phenoxy) is 1. The number of morpholine rings is 1. The van der Waals surface area contributed by atoms with Crippen LogP contribution in [0.3, 0.4) is 0 Å². The lowest BCUT2D eigenvalue weighted by molar-refractivity contribution is 0.122. The molecule has 4 rings (SSSR count). The molecule has 0 radical (unpaired) electrons. The van der Waals surface area contributed by atoms with Gasteiger partial charge in [-0.25, -0.2) is 9.78 Å². The molecule has 6 heteroatoms. The van der Waals surface area contributed by atoms with Gasteiger partial charge in [-0.15, -0.1) is 0 Å². The van der Waals surface area contributed by atoms with E-state index in [9.17, 15) is 4.79 Å². The fourth-order valence-corrected chi connectivity index (χ4v) is 4.90. The number of amides is 2. The molecule has 2 amide bonds. The fraction of sp³-hybridized carbons (Fsp3) is 0.684. The summed E-state index contributed by atoms with van der Waals surface area (Å²) in [6.07, 6.45) is 7.14. The number of anilines is 2. The molecule has 2 saturated carbocycles. The van der Waals surface area contributed by atoms with E-state index in [4.69, 9.17) is 4.74 Å². The summed E-state index contributed by atoms with van der Waals surface area (Å²) in [5, 5.41) is 6.18. The summed E-state index contributed by atoms with van der Waals surface area (Å²) < 4.78 is 5.41. The molecule has 0 spiro atoms. The number of urea groups is 1. The smallest absolute Gasteiger partial charge is 0.319 e. The van der Waals surface area contributed by atoms with E-state index in [1.807, 2.05) is 12.1 Å². The predicted octanol–water partition coefficient (Wildman–Crippen LogP) is 2.86. The molecule has 1 aromatic rings. The molecule has 2 bridgehead atoms. The van der Waals surface area contributed by atoms with Gasteiger partial charge in [0.2, 0.25) is 0 Å². The third kappa shape index (κ3) is 3.59. The van der Waals surface area contributed by atoms with E-state index in [2.05, 4.69) is 27.4 Å². The summed E-state index contributed by atoms with van der Waals surface area (Å²) in [5.74, 6) is 3.17. The maximum absolute atomic E-state index is 12.5. The minimum atomic E-state index is -0.127. The number of carbonyl (C=O) groups excluding carboxylic acids is 1. The Morgan fingerprint density at radius 3 is 2.88 bits per heavy atom. The van der Waals surface area contributed by atoms with E-state index in [1.165, 1.54) is 25.7 Å². The highest BCUT2D eigenvalue weighted by molar-refractivity contribution is 5.92. The zero-order valence-electron chi connectivity index (χ0n) is 14.9. The second-order valence-electron chi connectivity index (χ2n) is 7.70. The van der Waals surface area contributed by atoms with Crippen LogP contribution in [0.4, 0.5) is 16.3 Å². The molecular weight excluding hydrogens is 316 g/mol. The minimum absolute atomic E-state index is 0.127. The third-order valence-corrected chi connectivity index (χ3v) is 6.14. The average Bonchev–Trinajstić information content (AvgIpc) is 3.26. The molecule has 6 nitrogen and oxygen atoms in total. The van der Waals surface area contributed by atoms with Crippen LogP contribution in [0.1, 0.15) is 32.6 Å². The Balaban J connectivity index is 1.37. The average molecular weight is 344 g/mol. The fourth-order valence-electron chi connectivity index (χ4n) is 4.90. The van der Waals surface area contributed by atoms with Gasteiger partial charge in [-0.05, 0) is 56.1 Å². The largest absolute Gasteiger partial charge is 0.378 e. The van der Waals surface area contributed by atoms with Crippen LogP contribution in [-0.2, 0) is 4.74 Å². The normalized spacial score (nSPS) is 29.5. The Bertz CT molecular complexity index is 617. The van der Waals surface area contributed by atoms with Gasteiger partial charge in [0.1, 0.15) is 0 Å². The number of carbonyl (C=O) groups is 1. The number of hydrogen-bond acceptors (Lipinski definition) is 4. The van der Waals surface area contributed by atoms with Crippen LogP contribution in [0.25, 0.3) is 0 Å². The number of nitrogens with one attached hydrogen (secondary N) is 2. The molecule has 2 N–H and O–H groups in total. The molecule has 2 heterocycles. The Morgan fingerprint density at radius 2 is 2.16 bits per heavy atom. The predicted molar refractivity (Wildman–Crippen MR) is 97.8 cm³/mol. The SMILES string of the molecule is C[C@H](NC(=O)Nc1cccnc1N1CCOCC1)[C@@H]1C[C@H]2CC[C@H]1C2. The van der Waals surface area contributed by atoms with E-state index in [0.717, 1.165) is 36.4 Å². The lowest BCUT2D eigenvalue weighted by Gasteiger charge is -2.30. The summed E-state index contributed by atoms with van der Waals surface area (Å²) in [4.78, 5) is 19.2. The van der Waals surface area contributed by atoms with Gasteiger partial charge in [-0.1, -0.05) is 6.42 Å². The van der Waals surface area contributed by atoms with Gasteiger partial charge in [0.05, 0.1) is 18.9 Å². The van der Waals surface area contributed by atoms with E-state index in [-0.39, 0.29) is 12.1 Å². The van der Waals surface area contributed by atoms with Crippen molar-refractivity contribution in [3.63, 3.8) is 0 Å². The van der Waals surface area contributed by atoms with E-state index < -0.39 is 0 Å². The van der Waals surface area contributed by atoms with Crippen LogP contribution in [-0.4, -0.2) is 43.4 Å². The molecule has 3 aliphatic rings. The molecule has 1 aliphatic heterocycles.